The van der Waals surface area contributed by atoms with Crippen molar-refractivity contribution in [3.8, 4) is 0 Å². The van der Waals surface area contributed by atoms with E-state index in [0.717, 1.165) is 38.2 Å². The Morgan fingerprint density at radius 1 is 1.33 bits per heavy atom. The van der Waals surface area contributed by atoms with E-state index in [9.17, 15) is 17.6 Å². The van der Waals surface area contributed by atoms with E-state index in [-0.39, 0.29) is 12.0 Å². The summed E-state index contributed by atoms with van der Waals surface area (Å²) in [5, 5.41) is 3.09. The predicted molar refractivity (Wildman–Crippen MR) is 73.4 cm³/mol. The van der Waals surface area contributed by atoms with Gasteiger partial charge in [0.05, 0.1) is 5.56 Å². The van der Waals surface area contributed by atoms with Gasteiger partial charge in [-0.1, -0.05) is 13.0 Å². The van der Waals surface area contributed by atoms with Crippen molar-refractivity contribution in [3.05, 3.63) is 35.1 Å². The molecule has 1 aromatic rings. The van der Waals surface area contributed by atoms with Gasteiger partial charge in [-0.3, -0.25) is 4.90 Å². The zero-order chi connectivity index (χ0) is 15.6. The van der Waals surface area contributed by atoms with Crippen LogP contribution in [0.2, 0.25) is 0 Å². The fraction of sp³-hybridized carbons (Fsp3) is 0.600. The standard InChI is InChI=1S/C15H20F4N2/c1-3-21-7-6-11(9-20-2)14(21)10-4-5-13(16)12(8-10)15(17,18)19/h4-5,8,11,14,20H,3,6-7,9H2,1-2H3. The zero-order valence-corrected chi connectivity index (χ0v) is 12.2. The molecule has 1 aliphatic heterocycles. The summed E-state index contributed by atoms with van der Waals surface area (Å²) in [6.45, 7) is 4.35. The molecule has 0 saturated carbocycles. The van der Waals surface area contributed by atoms with Crippen LogP contribution in [0.5, 0.6) is 0 Å². The summed E-state index contributed by atoms with van der Waals surface area (Å²) in [5.74, 6) is -0.973. The highest BCUT2D eigenvalue weighted by Gasteiger charge is 2.38. The van der Waals surface area contributed by atoms with Crippen LogP contribution in [0.1, 0.15) is 30.5 Å². The van der Waals surface area contributed by atoms with Gasteiger partial charge in [0, 0.05) is 6.04 Å². The fourth-order valence-electron chi connectivity index (χ4n) is 3.18. The quantitative estimate of drug-likeness (QED) is 0.857. The molecule has 2 unspecified atom stereocenters. The minimum Gasteiger partial charge on any atom is -0.319 e. The Hall–Kier alpha value is -1.14. The van der Waals surface area contributed by atoms with E-state index >= 15 is 0 Å². The molecule has 0 spiro atoms. The number of benzene rings is 1. The molecule has 0 radical (unpaired) electrons. The second-order valence-electron chi connectivity index (χ2n) is 5.42. The average molecular weight is 304 g/mol. The number of hydrogen-bond acceptors (Lipinski definition) is 2. The summed E-state index contributed by atoms with van der Waals surface area (Å²) in [4.78, 5) is 2.15. The van der Waals surface area contributed by atoms with Gasteiger partial charge in [-0.2, -0.15) is 13.2 Å². The van der Waals surface area contributed by atoms with Crippen LogP contribution in [0.25, 0.3) is 0 Å². The molecule has 1 heterocycles. The van der Waals surface area contributed by atoms with Gasteiger partial charge >= 0.3 is 6.18 Å². The highest BCUT2D eigenvalue weighted by atomic mass is 19.4. The first-order valence-corrected chi connectivity index (χ1v) is 7.13. The molecule has 0 bridgehead atoms. The molecule has 1 aromatic carbocycles. The molecule has 2 nitrogen and oxygen atoms in total. The molecule has 0 aromatic heterocycles. The molecule has 1 fully saturated rings. The van der Waals surface area contributed by atoms with Crippen LogP contribution >= 0.6 is 0 Å². The Balaban J connectivity index is 2.38. The minimum atomic E-state index is -4.66. The van der Waals surface area contributed by atoms with Crippen molar-refractivity contribution in [1.82, 2.24) is 10.2 Å². The number of alkyl halides is 3. The number of nitrogens with zero attached hydrogens (tertiary/aromatic N) is 1. The van der Waals surface area contributed by atoms with Gasteiger partial charge in [0.1, 0.15) is 5.82 Å². The monoisotopic (exact) mass is 304 g/mol. The van der Waals surface area contributed by atoms with Gasteiger partial charge in [0.25, 0.3) is 0 Å². The molecule has 2 atom stereocenters. The molecular weight excluding hydrogens is 284 g/mol. The second-order valence-corrected chi connectivity index (χ2v) is 5.42. The van der Waals surface area contributed by atoms with E-state index in [1.54, 1.807) is 0 Å². The molecule has 0 amide bonds. The summed E-state index contributed by atoms with van der Waals surface area (Å²) in [5.41, 5.74) is -0.630. The SMILES string of the molecule is CCN1CCC(CNC)C1c1ccc(F)c(C(F)(F)F)c1. The Morgan fingerprint density at radius 2 is 2.05 bits per heavy atom. The Bertz CT molecular complexity index is 487. The van der Waals surface area contributed by atoms with Crippen molar-refractivity contribution in [1.29, 1.82) is 0 Å². The van der Waals surface area contributed by atoms with E-state index in [0.29, 0.717) is 5.56 Å². The number of halogens is 4. The van der Waals surface area contributed by atoms with Gasteiger partial charge in [0.2, 0.25) is 0 Å². The molecule has 1 N–H and O–H groups in total. The number of nitrogens with one attached hydrogen (secondary N) is 1. The molecule has 21 heavy (non-hydrogen) atoms. The molecule has 1 aliphatic rings. The van der Waals surface area contributed by atoms with Crippen molar-refractivity contribution >= 4 is 0 Å². The molecular formula is C15H20F4N2. The van der Waals surface area contributed by atoms with Crippen LogP contribution in [-0.2, 0) is 6.18 Å². The van der Waals surface area contributed by atoms with Crippen molar-refractivity contribution in [2.45, 2.75) is 25.6 Å². The van der Waals surface area contributed by atoms with Crippen molar-refractivity contribution in [3.63, 3.8) is 0 Å². The van der Waals surface area contributed by atoms with Crippen LogP contribution in [0.15, 0.2) is 18.2 Å². The first-order valence-electron chi connectivity index (χ1n) is 7.13. The maximum Gasteiger partial charge on any atom is 0.419 e. The van der Waals surface area contributed by atoms with Crippen LogP contribution < -0.4 is 5.32 Å². The largest absolute Gasteiger partial charge is 0.419 e. The normalized spacial score (nSPS) is 23.7. The van der Waals surface area contributed by atoms with Crippen molar-refractivity contribution in [2.75, 3.05) is 26.7 Å². The lowest BCUT2D eigenvalue weighted by atomic mass is 9.92. The Morgan fingerprint density at radius 3 is 2.62 bits per heavy atom. The third-order valence-electron chi connectivity index (χ3n) is 4.14. The lowest BCUT2D eigenvalue weighted by Gasteiger charge is -2.28. The second kappa shape index (κ2) is 6.32. The van der Waals surface area contributed by atoms with Gasteiger partial charge in [-0.05, 0) is 56.7 Å². The van der Waals surface area contributed by atoms with Gasteiger partial charge in [-0.25, -0.2) is 4.39 Å². The van der Waals surface area contributed by atoms with Gasteiger partial charge in [-0.15, -0.1) is 0 Å². The summed E-state index contributed by atoms with van der Waals surface area (Å²) in [7, 11) is 1.83. The van der Waals surface area contributed by atoms with Crippen LogP contribution in [-0.4, -0.2) is 31.6 Å². The van der Waals surface area contributed by atoms with Crippen LogP contribution in [0.3, 0.4) is 0 Å². The van der Waals surface area contributed by atoms with Gasteiger partial charge < -0.3 is 5.32 Å². The molecule has 1 saturated heterocycles. The summed E-state index contributed by atoms with van der Waals surface area (Å²) < 4.78 is 52.1. The first kappa shape index (κ1) is 16.2. The smallest absolute Gasteiger partial charge is 0.319 e. The van der Waals surface area contributed by atoms with Gasteiger partial charge in [0.15, 0.2) is 0 Å². The topological polar surface area (TPSA) is 15.3 Å². The van der Waals surface area contributed by atoms with E-state index in [1.807, 2.05) is 14.0 Å². The van der Waals surface area contributed by atoms with Crippen LogP contribution in [0, 0.1) is 11.7 Å². The summed E-state index contributed by atoms with van der Waals surface area (Å²) in [6, 6.07) is 3.28. The molecule has 2 rings (SSSR count). The van der Waals surface area contributed by atoms with Crippen molar-refractivity contribution in [2.24, 2.45) is 5.92 Å². The van der Waals surface area contributed by atoms with Crippen LogP contribution in [0.4, 0.5) is 17.6 Å². The maximum absolute atomic E-state index is 13.4. The lowest BCUT2D eigenvalue weighted by molar-refractivity contribution is -0.140. The highest BCUT2D eigenvalue weighted by molar-refractivity contribution is 5.30. The molecule has 118 valence electrons. The first-order chi connectivity index (χ1) is 9.88. The van der Waals surface area contributed by atoms with E-state index in [2.05, 4.69) is 10.2 Å². The van der Waals surface area contributed by atoms with E-state index in [4.69, 9.17) is 0 Å². The third-order valence-corrected chi connectivity index (χ3v) is 4.14. The number of hydrogen-bond donors (Lipinski definition) is 1. The fourth-order valence-corrected chi connectivity index (χ4v) is 3.18. The third kappa shape index (κ3) is 3.37. The Labute approximate surface area is 122 Å². The lowest BCUT2D eigenvalue weighted by Crippen LogP contribution is -2.29. The number of likely N-dealkylation sites (tertiary alicyclic amines) is 1. The molecule has 6 heteroatoms. The summed E-state index contributed by atoms with van der Waals surface area (Å²) in [6.07, 6.45) is -3.73. The number of rotatable bonds is 4. The van der Waals surface area contributed by atoms with E-state index in [1.165, 1.54) is 6.07 Å². The zero-order valence-electron chi connectivity index (χ0n) is 12.2. The summed E-state index contributed by atoms with van der Waals surface area (Å²) >= 11 is 0. The molecule has 0 aliphatic carbocycles. The van der Waals surface area contributed by atoms with Crippen molar-refractivity contribution < 1.29 is 17.6 Å². The Kier molecular flexibility index (Phi) is 4.88. The highest BCUT2D eigenvalue weighted by Crippen LogP contribution is 2.39. The maximum atomic E-state index is 13.4. The minimum absolute atomic E-state index is 0.0934. The predicted octanol–water partition coefficient (Wildman–Crippen LogP) is 3.45. The van der Waals surface area contributed by atoms with E-state index < -0.39 is 17.6 Å². The average Bonchev–Trinajstić information content (AvgIpc) is 2.81.